The molecular weight excluding hydrogens is 278 g/mol. The zero-order chi connectivity index (χ0) is 15.2. The summed E-state index contributed by atoms with van der Waals surface area (Å²) in [6, 6.07) is 7.54. The van der Waals surface area contributed by atoms with Crippen molar-refractivity contribution in [3.8, 4) is 11.3 Å². The van der Waals surface area contributed by atoms with E-state index in [1.807, 2.05) is 24.3 Å². The van der Waals surface area contributed by atoms with Gasteiger partial charge in [-0.25, -0.2) is 4.98 Å². The Morgan fingerprint density at radius 2 is 1.82 bits per heavy atom. The van der Waals surface area contributed by atoms with Gasteiger partial charge in [0.05, 0.1) is 11.9 Å². The first kappa shape index (κ1) is 13.8. The third-order valence-corrected chi connectivity index (χ3v) is 3.08. The van der Waals surface area contributed by atoms with E-state index in [-0.39, 0.29) is 11.6 Å². The second kappa shape index (κ2) is 6.53. The molecule has 3 heterocycles. The Morgan fingerprint density at radius 3 is 2.59 bits per heavy atom. The van der Waals surface area contributed by atoms with Gasteiger partial charge < -0.3 is 5.32 Å². The van der Waals surface area contributed by atoms with Crippen LogP contribution in [0.5, 0.6) is 0 Å². The number of hydrogen-bond acceptors (Lipinski definition) is 5. The zero-order valence-corrected chi connectivity index (χ0v) is 11.7. The molecule has 0 radical (unpaired) electrons. The molecule has 0 spiro atoms. The minimum absolute atomic E-state index is 0.266. The Balaban J connectivity index is 1.78. The van der Waals surface area contributed by atoms with E-state index < -0.39 is 0 Å². The molecule has 0 aromatic carbocycles. The van der Waals surface area contributed by atoms with Crippen LogP contribution in [-0.4, -0.2) is 25.8 Å². The molecule has 0 saturated heterocycles. The van der Waals surface area contributed by atoms with Crippen LogP contribution in [0, 0.1) is 0 Å². The van der Waals surface area contributed by atoms with E-state index in [1.54, 1.807) is 18.6 Å². The summed E-state index contributed by atoms with van der Waals surface area (Å²) in [6.07, 6.45) is 9.60. The fourth-order valence-corrected chi connectivity index (χ4v) is 2.03. The molecule has 1 N–H and O–H groups in total. The number of hydrogen-bond donors (Lipinski definition) is 1. The summed E-state index contributed by atoms with van der Waals surface area (Å²) in [5.74, 6) is -0.266. The van der Waals surface area contributed by atoms with Crippen molar-refractivity contribution in [2.45, 2.75) is 6.54 Å². The highest BCUT2D eigenvalue weighted by atomic mass is 16.1. The van der Waals surface area contributed by atoms with E-state index in [0.717, 1.165) is 16.8 Å². The Kier molecular flexibility index (Phi) is 4.10. The van der Waals surface area contributed by atoms with Gasteiger partial charge in [-0.15, -0.1) is 0 Å². The van der Waals surface area contributed by atoms with Gasteiger partial charge in [0.2, 0.25) is 0 Å². The van der Waals surface area contributed by atoms with Gasteiger partial charge in [-0.1, -0.05) is 6.07 Å². The molecule has 0 aliphatic heterocycles. The zero-order valence-electron chi connectivity index (χ0n) is 11.7. The topological polar surface area (TPSA) is 80.7 Å². The fraction of sp³-hybridized carbons (Fsp3) is 0.0625. The van der Waals surface area contributed by atoms with Crippen molar-refractivity contribution < 1.29 is 4.79 Å². The lowest BCUT2D eigenvalue weighted by Gasteiger charge is -2.09. The lowest BCUT2D eigenvalue weighted by molar-refractivity contribution is 0.0945. The maximum atomic E-state index is 12.0. The van der Waals surface area contributed by atoms with E-state index in [1.165, 1.54) is 18.6 Å². The van der Waals surface area contributed by atoms with Gasteiger partial charge in [-0.05, 0) is 23.8 Å². The third-order valence-electron chi connectivity index (χ3n) is 3.08. The summed E-state index contributed by atoms with van der Waals surface area (Å²) >= 11 is 0. The molecule has 0 bridgehead atoms. The second-order valence-corrected chi connectivity index (χ2v) is 4.52. The molecular formula is C16H13N5O. The molecule has 3 aromatic rings. The Morgan fingerprint density at radius 1 is 0.955 bits per heavy atom. The molecule has 0 fully saturated rings. The Hall–Kier alpha value is -3.15. The Bertz CT molecular complexity index is 762. The second-order valence-electron chi connectivity index (χ2n) is 4.52. The summed E-state index contributed by atoms with van der Waals surface area (Å²) in [5.41, 5.74) is 2.99. The number of nitrogens with one attached hydrogen (secondary N) is 1. The first-order chi connectivity index (χ1) is 10.8. The highest BCUT2D eigenvalue weighted by Gasteiger charge is 2.10. The van der Waals surface area contributed by atoms with Gasteiger partial charge in [0.15, 0.2) is 0 Å². The van der Waals surface area contributed by atoms with Gasteiger partial charge in [-0.2, -0.15) is 0 Å². The van der Waals surface area contributed by atoms with E-state index in [4.69, 9.17) is 0 Å². The number of nitrogens with zero attached hydrogens (tertiary/aromatic N) is 4. The van der Waals surface area contributed by atoms with Crippen LogP contribution in [-0.2, 0) is 6.54 Å². The standard InChI is InChI=1S/C16H13N5O/c22-16(14-11-18-8-9-19-14)21-10-13-2-1-5-20-15(13)12-3-6-17-7-4-12/h1-9,11H,10H2,(H,21,22). The predicted molar refractivity (Wildman–Crippen MR) is 80.7 cm³/mol. The van der Waals surface area contributed by atoms with Crippen molar-refractivity contribution in [1.82, 2.24) is 25.3 Å². The van der Waals surface area contributed by atoms with E-state index >= 15 is 0 Å². The molecule has 3 aromatic heterocycles. The summed E-state index contributed by atoms with van der Waals surface area (Å²) in [7, 11) is 0. The van der Waals surface area contributed by atoms with E-state index in [2.05, 4.69) is 25.3 Å². The van der Waals surface area contributed by atoms with Gasteiger partial charge in [-0.3, -0.25) is 19.7 Å². The van der Waals surface area contributed by atoms with Crippen LogP contribution in [0.3, 0.4) is 0 Å². The number of carbonyl (C=O) groups is 1. The number of carbonyl (C=O) groups excluding carboxylic acids is 1. The molecule has 0 aliphatic rings. The van der Waals surface area contributed by atoms with Gasteiger partial charge in [0, 0.05) is 43.1 Å². The third kappa shape index (κ3) is 3.12. The summed E-state index contributed by atoms with van der Waals surface area (Å²) in [4.78, 5) is 28.3. The quantitative estimate of drug-likeness (QED) is 0.793. The molecule has 3 rings (SSSR count). The van der Waals surface area contributed by atoms with Crippen LogP contribution >= 0.6 is 0 Å². The maximum Gasteiger partial charge on any atom is 0.271 e. The minimum atomic E-state index is -0.266. The van der Waals surface area contributed by atoms with E-state index in [9.17, 15) is 4.79 Å². The summed E-state index contributed by atoms with van der Waals surface area (Å²) in [5, 5.41) is 2.83. The van der Waals surface area contributed by atoms with Crippen molar-refractivity contribution in [2.75, 3.05) is 0 Å². The maximum absolute atomic E-state index is 12.0. The van der Waals surface area contributed by atoms with Crippen molar-refractivity contribution in [2.24, 2.45) is 0 Å². The summed E-state index contributed by atoms with van der Waals surface area (Å²) in [6.45, 7) is 0.362. The van der Waals surface area contributed by atoms with E-state index in [0.29, 0.717) is 6.54 Å². The van der Waals surface area contributed by atoms with Crippen molar-refractivity contribution in [1.29, 1.82) is 0 Å². The number of rotatable bonds is 4. The molecule has 1 amide bonds. The van der Waals surface area contributed by atoms with Crippen LogP contribution in [0.2, 0.25) is 0 Å². The highest BCUT2D eigenvalue weighted by Crippen LogP contribution is 2.20. The summed E-state index contributed by atoms with van der Waals surface area (Å²) < 4.78 is 0. The predicted octanol–water partition coefficient (Wildman–Crippen LogP) is 1.86. The number of amides is 1. The normalized spacial score (nSPS) is 10.2. The number of aromatic nitrogens is 4. The molecule has 6 nitrogen and oxygen atoms in total. The van der Waals surface area contributed by atoms with Crippen LogP contribution in [0.15, 0.2) is 61.4 Å². The van der Waals surface area contributed by atoms with Crippen LogP contribution in [0.25, 0.3) is 11.3 Å². The molecule has 6 heteroatoms. The highest BCUT2D eigenvalue weighted by molar-refractivity contribution is 5.91. The average molecular weight is 291 g/mol. The van der Waals surface area contributed by atoms with Crippen LogP contribution in [0.1, 0.15) is 16.1 Å². The lowest BCUT2D eigenvalue weighted by atomic mass is 10.1. The van der Waals surface area contributed by atoms with Crippen LogP contribution in [0.4, 0.5) is 0 Å². The van der Waals surface area contributed by atoms with Crippen LogP contribution < -0.4 is 5.32 Å². The van der Waals surface area contributed by atoms with Crippen molar-refractivity contribution in [3.63, 3.8) is 0 Å². The first-order valence-corrected chi connectivity index (χ1v) is 6.73. The Labute approximate surface area is 127 Å². The number of pyridine rings is 2. The smallest absolute Gasteiger partial charge is 0.271 e. The molecule has 0 saturated carbocycles. The molecule has 0 atom stereocenters. The minimum Gasteiger partial charge on any atom is -0.346 e. The van der Waals surface area contributed by atoms with Crippen molar-refractivity contribution in [3.05, 3.63) is 72.7 Å². The first-order valence-electron chi connectivity index (χ1n) is 6.73. The largest absolute Gasteiger partial charge is 0.346 e. The molecule has 22 heavy (non-hydrogen) atoms. The molecule has 0 aliphatic carbocycles. The van der Waals surface area contributed by atoms with Gasteiger partial charge in [0.1, 0.15) is 5.69 Å². The van der Waals surface area contributed by atoms with Gasteiger partial charge in [0.25, 0.3) is 5.91 Å². The van der Waals surface area contributed by atoms with Gasteiger partial charge >= 0.3 is 0 Å². The SMILES string of the molecule is O=C(NCc1cccnc1-c1ccncc1)c1cnccn1. The van der Waals surface area contributed by atoms with Crippen molar-refractivity contribution >= 4 is 5.91 Å². The molecule has 0 unspecified atom stereocenters. The fourth-order valence-electron chi connectivity index (χ4n) is 2.03. The lowest BCUT2D eigenvalue weighted by Crippen LogP contribution is -2.24. The monoisotopic (exact) mass is 291 g/mol. The molecule has 108 valence electrons. The average Bonchev–Trinajstić information content (AvgIpc) is 2.61.